The average Bonchev–Trinajstić information content (AvgIpc) is 2.70. The van der Waals surface area contributed by atoms with Crippen molar-refractivity contribution in [2.75, 3.05) is 6.16 Å². The van der Waals surface area contributed by atoms with E-state index in [1.54, 1.807) is 60.7 Å². The second-order valence-electron chi connectivity index (χ2n) is 6.39. The van der Waals surface area contributed by atoms with E-state index in [-0.39, 0.29) is 42.8 Å². The van der Waals surface area contributed by atoms with Gasteiger partial charge in [0.2, 0.25) is 5.91 Å². The molecule has 2 aromatic rings. The van der Waals surface area contributed by atoms with Crippen molar-refractivity contribution in [3.63, 3.8) is 0 Å². The van der Waals surface area contributed by atoms with Crippen molar-refractivity contribution in [2.24, 2.45) is 0 Å². The van der Waals surface area contributed by atoms with E-state index in [0.29, 0.717) is 5.56 Å². The number of benzene rings is 2. The van der Waals surface area contributed by atoms with Gasteiger partial charge in [-0.3, -0.25) is 14.2 Å². The first kappa shape index (κ1) is 27.0. The molecule has 0 aromatic heterocycles. The van der Waals surface area contributed by atoms with Crippen LogP contribution in [0.1, 0.15) is 17.5 Å². The SMILES string of the molecule is O=C(CP(=O)(O)O)NC(CC(=O)OCc1ccccc1)C(=O)OCc1ccccc1.[Na+]. The molecule has 0 heterocycles. The number of nitrogens with one attached hydrogen (secondary N) is 1. The Morgan fingerprint density at radius 2 is 1.35 bits per heavy atom. The molecular formula is C20H22NNaO8P+. The maximum absolute atomic E-state index is 12.4. The van der Waals surface area contributed by atoms with Gasteiger partial charge < -0.3 is 24.6 Å². The monoisotopic (exact) mass is 458 g/mol. The van der Waals surface area contributed by atoms with Gasteiger partial charge in [-0.2, -0.15) is 0 Å². The summed E-state index contributed by atoms with van der Waals surface area (Å²) in [4.78, 5) is 54.2. The summed E-state index contributed by atoms with van der Waals surface area (Å²) in [5.41, 5.74) is 1.43. The van der Waals surface area contributed by atoms with Gasteiger partial charge in [-0.05, 0) is 11.1 Å². The van der Waals surface area contributed by atoms with E-state index in [1.165, 1.54) is 0 Å². The van der Waals surface area contributed by atoms with Gasteiger partial charge in [0, 0.05) is 0 Å². The summed E-state index contributed by atoms with van der Waals surface area (Å²) >= 11 is 0. The van der Waals surface area contributed by atoms with Crippen LogP contribution in [0.25, 0.3) is 0 Å². The molecule has 0 aliphatic rings. The molecule has 0 saturated carbocycles. The van der Waals surface area contributed by atoms with Crippen molar-refractivity contribution in [1.82, 2.24) is 5.32 Å². The first-order chi connectivity index (χ1) is 14.2. The molecule has 31 heavy (non-hydrogen) atoms. The summed E-state index contributed by atoms with van der Waals surface area (Å²) in [6.45, 7) is -0.120. The second-order valence-corrected chi connectivity index (χ2v) is 8.03. The molecule has 11 heteroatoms. The van der Waals surface area contributed by atoms with Gasteiger partial charge in [0.15, 0.2) is 0 Å². The molecule has 3 N–H and O–H groups in total. The Balaban J connectivity index is 0.00000480. The van der Waals surface area contributed by atoms with Crippen LogP contribution in [0.3, 0.4) is 0 Å². The molecular weight excluding hydrogens is 436 g/mol. The van der Waals surface area contributed by atoms with Crippen LogP contribution in [0.15, 0.2) is 60.7 Å². The molecule has 0 aliphatic carbocycles. The van der Waals surface area contributed by atoms with E-state index < -0.39 is 44.1 Å². The van der Waals surface area contributed by atoms with E-state index >= 15 is 0 Å². The molecule has 0 bridgehead atoms. The van der Waals surface area contributed by atoms with E-state index in [1.807, 2.05) is 0 Å². The first-order valence-corrected chi connectivity index (χ1v) is 10.8. The minimum Gasteiger partial charge on any atom is -0.461 e. The van der Waals surface area contributed by atoms with E-state index in [9.17, 15) is 18.9 Å². The third-order valence-electron chi connectivity index (χ3n) is 3.81. The molecule has 2 rings (SSSR count). The Bertz CT molecular complexity index is 904. The topological polar surface area (TPSA) is 139 Å². The molecule has 160 valence electrons. The molecule has 2 aromatic carbocycles. The van der Waals surface area contributed by atoms with Crippen molar-refractivity contribution in [3.8, 4) is 0 Å². The summed E-state index contributed by atoms with van der Waals surface area (Å²) in [5, 5.41) is 2.13. The fourth-order valence-corrected chi connectivity index (χ4v) is 2.88. The Morgan fingerprint density at radius 3 is 1.84 bits per heavy atom. The van der Waals surface area contributed by atoms with E-state index in [0.717, 1.165) is 5.56 Å². The second kappa shape index (κ2) is 13.4. The van der Waals surface area contributed by atoms with Crippen molar-refractivity contribution < 1.29 is 67.8 Å². The number of hydrogen-bond acceptors (Lipinski definition) is 6. The third kappa shape index (κ3) is 11.3. The average molecular weight is 458 g/mol. The zero-order valence-corrected chi connectivity index (χ0v) is 19.9. The zero-order valence-electron chi connectivity index (χ0n) is 17.0. The van der Waals surface area contributed by atoms with Gasteiger partial charge in [0.1, 0.15) is 25.4 Å². The molecule has 1 atom stereocenters. The summed E-state index contributed by atoms with van der Waals surface area (Å²) in [5.74, 6) is -2.78. The minimum absolute atomic E-state index is 0. The van der Waals surface area contributed by atoms with E-state index in [2.05, 4.69) is 5.32 Å². The number of amides is 1. The van der Waals surface area contributed by atoms with Crippen LogP contribution in [0.4, 0.5) is 0 Å². The van der Waals surface area contributed by atoms with Crippen LogP contribution in [0.2, 0.25) is 0 Å². The number of carbonyl (C=O) groups excluding carboxylic acids is 3. The molecule has 9 nitrogen and oxygen atoms in total. The number of rotatable bonds is 10. The zero-order chi connectivity index (χ0) is 22.0. The molecule has 1 unspecified atom stereocenters. The molecule has 0 radical (unpaired) electrons. The van der Waals surface area contributed by atoms with Gasteiger partial charge in [-0.1, -0.05) is 60.7 Å². The molecule has 0 fully saturated rings. The van der Waals surface area contributed by atoms with Gasteiger partial charge in [0.25, 0.3) is 0 Å². The fraction of sp³-hybridized carbons (Fsp3) is 0.250. The number of ether oxygens (including phenoxy) is 2. The van der Waals surface area contributed by atoms with Crippen molar-refractivity contribution in [1.29, 1.82) is 0 Å². The van der Waals surface area contributed by atoms with Crippen LogP contribution >= 0.6 is 7.60 Å². The number of carbonyl (C=O) groups is 3. The minimum atomic E-state index is -4.64. The summed E-state index contributed by atoms with van der Waals surface area (Å²) in [7, 11) is -4.64. The van der Waals surface area contributed by atoms with Gasteiger partial charge in [-0.15, -0.1) is 0 Å². The molecule has 0 spiro atoms. The Hall–Kier alpha value is -2.00. The smallest absolute Gasteiger partial charge is 0.461 e. The summed E-state index contributed by atoms with van der Waals surface area (Å²) < 4.78 is 21.2. The van der Waals surface area contributed by atoms with Gasteiger partial charge in [-0.25, -0.2) is 4.79 Å². The Morgan fingerprint density at radius 1 is 0.871 bits per heavy atom. The van der Waals surface area contributed by atoms with Crippen molar-refractivity contribution in [2.45, 2.75) is 25.7 Å². The van der Waals surface area contributed by atoms with Crippen LogP contribution in [0.5, 0.6) is 0 Å². The Labute approximate surface area is 201 Å². The largest absolute Gasteiger partial charge is 1.00 e. The predicted octanol–water partition coefficient (Wildman–Crippen LogP) is -1.47. The molecule has 0 saturated heterocycles. The van der Waals surface area contributed by atoms with Crippen LogP contribution in [-0.2, 0) is 41.6 Å². The van der Waals surface area contributed by atoms with Gasteiger partial charge in [0.05, 0.1) is 6.42 Å². The number of hydrogen-bond donors (Lipinski definition) is 3. The normalized spacial score (nSPS) is 11.5. The molecule has 1 amide bonds. The Kier molecular flexibility index (Phi) is 11.7. The molecule has 0 aliphatic heterocycles. The maximum Gasteiger partial charge on any atom is 1.00 e. The summed E-state index contributed by atoms with van der Waals surface area (Å²) in [6, 6.07) is 16.2. The van der Waals surface area contributed by atoms with Crippen molar-refractivity contribution in [3.05, 3.63) is 71.8 Å². The maximum atomic E-state index is 12.4. The predicted molar refractivity (Wildman–Crippen MR) is 106 cm³/mol. The third-order valence-corrected chi connectivity index (χ3v) is 4.51. The number of esters is 2. The van der Waals surface area contributed by atoms with E-state index in [4.69, 9.17) is 19.3 Å². The standard InChI is InChI=1S/C20H22NO8P.Na/c22-18(14-30(25,26)27)21-17(20(24)29-13-16-9-5-2-6-10-16)11-19(23)28-12-15-7-3-1-4-8-15;/h1-10,17H,11-14H2,(H,21,22)(H2,25,26,27);/q;+1. The first-order valence-electron chi connectivity index (χ1n) is 8.97. The fourth-order valence-electron chi connectivity index (χ4n) is 2.41. The van der Waals surface area contributed by atoms with Gasteiger partial charge >= 0.3 is 49.1 Å². The summed E-state index contributed by atoms with van der Waals surface area (Å²) in [6.07, 6.45) is -1.66. The van der Waals surface area contributed by atoms with Crippen LogP contribution in [0, 0.1) is 0 Å². The van der Waals surface area contributed by atoms with Crippen molar-refractivity contribution >= 4 is 25.4 Å². The van der Waals surface area contributed by atoms with Crippen LogP contribution in [-0.4, -0.2) is 39.8 Å². The quantitative estimate of drug-likeness (QED) is 0.223. The van der Waals surface area contributed by atoms with Crippen LogP contribution < -0.4 is 34.9 Å².